The summed E-state index contributed by atoms with van der Waals surface area (Å²) in [5.41, 5.74) is 15.0. The molecule has 0 atom stereocenters. The van der Waals surface area contributed by atoms with E-state index in [2.05, 4.69) is 15.2 Å². The van der Waals surface area contributed by atoms with E-state index in [0.29, 0.717) is 52.6 Å². The topological polar surface area (TPSA) is 113 Å². The van der Waals surface area contributed by atoms with Crippen LogP contribution < -0.4 is 16.8 Å². The number of carbonyl (C=O) groups is 1. The molecule has 1 aromatic carbocycles. The van der Waals surface area contributed by atoms with E-state index in [4.69, 9.17) is 27.5 Å². The molecule has 0 bridgehead atoms. The van der Waals surface area contributed by atoms with Gasteiger partial charge in [-0.2, -0.15) is 0 Å². The van der Waals surface area contributed by atoms with Gasteiger partial charge in [0.1, 0.15) is 11.5 Å². The van der Waals surface area contributed by atoms with E-state index in [-0.39, 0.29) is 12.0 Å². The summed E-state index contributed by atoms with van der Waals surface area (Å²) in [6.07, 6.45) is 5.82. The molecule has 0 spiro atoms. The van der Waals surface area contributed by atoms with Gasteiger partial charge in [-0.3, -0.25) is 5.32 Å². The fourth-order valence-corrected chi connectivity index (χ4v) is 5.18. The number of furan rings is 1. The normalized spacial score (nSPS) is 18.9. The summed E-state index contributed by atoms with van der Waals surface area (Å²) in [5, 5.41) is 3.29. The zero-order valence-corrected chi connectivity index (χ0v) is 21.3. The van der Waals surface area contributed by atoms with Crippen molar-refractivity contribution in [3.05, 3.63) is 58.0 Å². The Morgan fingerprint density at radius 3 is 2.40 bits per heavy atom. The molecule has 2 aliphatic rings. The number of aryl methyl sites for hydroxylation is 2. The van der Waals surface area contributed by atoms with E-state index >= 15 is 0 Å². The second-order valence-corrected chi connectivity index (χ2v) is 9.87. The number of urea groups is 1. The summed E-state index contributed by atoms with van der Waals surface area (Å²) in [6, 6.07) is 9.42. The van der Waals surface area contributed by atoms with Crippen molar-refractivity contribution in [2.75, 3.05) is 26.2 Å². The fourth-order valence-electron chi connectivity index (χ4n) is 4.89. The van der Waals surface area contributed by atoms with E-state index < -0.39 is 0 Å². The number of guanidine groups is 1. The van der Waals surface area contributed by atoms with Crippen LogP contribution in [0.15, 0.2) is 39.7 Å². The molecule has 0 aliphatic carbocycles. The molecule has 2 amide bonds. The number of nitrogens with zero attached hydrogens (tertiary/aromatic N) is 3. The number of carbonyl (C=O) groups excluding carboxylic acids is 1. The number of aliphatic imine (C=N–C) groups is 1. The van der Waals surface area contributed by atoms with Crippen LogP contribution >= 0.6 is 11.6 Å². The summed E-state index contributed by atoms with van der Waals surface area (Å²) >= 11 is 6.24. The van der Waals surface area contributed by atoms with Gasteiger partial charge in [0.25, 0.3) is 0 Å². The zero-order chi connectivity index (χ0) is 24.9. The fraction of sp³-hybridized carbons (Fsp3) is 0.462. The number of hydrogen-bond donors (Lipinski definition) is 3. The molecule has 1 aromatic heterocycles. The molecular weight excluding hydrogens is 464 g/mol. The van der Waals surface area contributed by atoms with Gasteiger partial charge in [0.2, 0.25) is 5.96 Å². The largest absolute Gasteiger partial charge is 0.460 e. The summed E-state index contributed by atoms with van der Waals surface area (Å²) in [6.45, 7) is 7.51. The highest BCUT2D eigenvalue weighted by molar-refractivity contribution is 6.30. The van der Waals surface area contributed by atoms with Crippen molar-refractivity contribution in [1.29, 1.82) is 0 Å². The van der Waals surface area contributed by atoms with Crippen LogP contribution in [0.1, 0.15) is 54.8 Å². The average molecular weight is 499 g/mol. The molecule has 2 aliphatic heterocycles. The van der Waals surface area contributed by atoms with Crippen LogP contribution in [0.2, 0.25) is 5.02 Å². The summed E-state index contributed by atoms with van der Waals surface area (Å²) in [4.78, 5) is 21.7. The molecule has 2 saturated heterocycles. The molecule has 2 fully saturated rings. The van der Waals surface area contributed by atoms with Gasteiger partial charge in [-0.15, -0.1) is 0 Å². The molecule has 35 heavy (non-hydrogen) atoms. The van der Waals surface area contributed by atoms with Gasteiger partial charge in [0, 0.05) is 29.7 Å². The second kappa shape index (κ2) is 11.2. The molecule has 5 N–H and O–H groups in total. The van der Waals surface area contributed by atoms with Crippen molar-refractivity contribution in [2.24, 2.45) is 16.5 Å². The lowest BCUT2D eigenvalue weighted by molar-refractivity contribution is 0.102. The van der Waals surface area contributed by atoms with Gasteiger partial charge in [-0.05, 0) is 88.5 Å². The van der Waals surface area contributed by atoms with E-state index in [1.165, 1.54) is 32.4 Å². The lowest BCUT2D eigenvalue weighted by Gasteiger charge is -2.40. The predicted molar refractivity (Wildman–Crippen MR) is 141 cm³/mol. The van der Waals surface area contributed by atoms with E-state index in [0.717, 1.165) is 18.4 Å². The lowest BCUT2D eigenvalue weighted by Crippen LogP contribution is -2.52. The Hall–Kier alpha value is -2.97. The Morgan fingerprint density at radius 2 is 1.77 bits per heavy atom. The number of likely N-dealkylation sites (tertiary alicyclic amines) is 2. The van der Waals surface area contributed by atoms with Crippen molar-refractivity contribution in [3.63, 3.8) is 0 Å². The van der Waals surface area contributed by atoms with Gasteiger partial charge in [-0.1, -0.05) is 18.0 Å². The van der Waals surface area contributed by atoms with Crippen LogP contribution in [0.4, 0.5) is 4.79 Å². The van der Waals surface area contributed by atoms with Gasteiger partial charge >= 0.3 is 6.03 Å². The van der Waals surface area contributed by atoms with Crippen LogP contribution in [-0.2, 0) is 0 Å². The second-order valence-electron chi connectivity index (χ2n) is 9.43. The molecule has 0 saturated carbocycles. The van der Waals surface area contributed by atoms with Crippen LogP contribution in [0, 0.1) is 13.8 Å². The third kappa shape index (κ3) is 6.38. The minimum atomic E-state index is -0.254. The first-order valence-electron chi connectivity index (χ1n) is 12.3. The molecule has 3 heterocycles. The molecular formula is C26H35ClN6O2. The third-order valence-electron chi connectivity index (χ3n) is 6.71. The number of benzene rings is 1. The number of nitrogens with two attached hydrogens (primary N) is 2. The van der Waals surface area contributed by atoms with E-state index in [1.807, 2.05) is 32.0 Å². The van der Waals surface area contributed by atoms with Crippen molar-refractivity contribution in [2.45, 2.75) is 52.0 Å². The quantitative estimate of drug-likeness (QED) is 0.429. The molecule has 2 aromatic rings. The maximum Gasteiger partial charge on any atom is 0.324 e. The Morgan fingerprint density at radius 1 is 1.06 bits per heavy atom. The number of amides is 2. The van der Waals surface area contributed by atoms with Crippen molar-refractivity contribution < 1.29 is 9.21 Å². The Kier molecular flexibility index (Phi) is 8.03. The Bertz CT molecular complexity index is 1090. The monoisotopic (exact) mass is 498 g/mol. The van der Waals surface area contributed by atoms with E-state index in [1.54, 1.807) is 17.0 Å². The number of rotatable bonds is 4. The highest BCUT2D eigenvalue weighted by Crippen LogP contribution is 2.28. The average Bonchev–Trinajstić information content (AvgIpc) is 3.28. The zero-order valence-electron chi connectivity index (χ0n) is 20.5. The Labute approximate surface area is 212 Å². The van der Waals surface area contributed by atoms with Gasteiger partial charge in [-0.25, -0.2) is 9.79 Å². The summed E-state index contributed by atoms with van der Waals surface area (Å²) < 4.78 is 5.78. The van der Waals surface area contributed by atoms with Gasteiger partial charge in [0.05, 0.1) is 5.70 Å². The van der Waals surface area contributed by atoms with Crippen molar-refractivity contribution >= 4 is 35.0 Å². The molecule has 9 heteroatoms. The van der Waals surface area contributed by atoms with Crippen molar-refractivity contribution in [3.8, 4) is 0 Å². The molecule has 0 radical (unpaired) electrons. The third-order valence-corrected chi connectivity index (χ3v) is 6.93. The highest BCUT2D eigenvalue weighted by Gasteiger charge is 2.28. The number of piperidine rings is 2. The minimum Gasteiger partial charge on any atom is -0.460 e. The summed E-state index contributed by atoms with van der Waals surface area (Å²) in [7, 11) is 0. The highest BCUT2D eigenvalue weighted by atomic mass is 35.5. The van der Waals surface area contributed by atoms with Crippen LogP contribution in [0.3, 0.4) is 0 Å². The standard InChI is InChI=1S/C26H35ClN6O2/c1-17-14-19(16-20(27)15-17)23(28)24(22-7-6-18(2)35-22)30-25(29)31-26(34)33-12-8-21(9-13-33)32-10-4-3-5-11-32/h6-7,14-16,21H,3-5,8-13,28H2,1-2H3,(H3,29,30,31,34)/b24-23-. The van der Waals surface area contributed by atoms with Gasteiger partial charge < -0.3 is 25.7 Å². The molecule has 188 valence electrons. The first-order valence-corrected chi connectivity index (χ1v) is 12.7. The van der Waals surface area contributed by atoms with E-state index in [9.17, 15) is 4.79 Å². The SMILES string of the molecule is Cc1cc(Cl)cc(/C(N)=C(/N=C(N)NC(=O)N2CCC(N3CCCCC3)CC2)c2ccc(C)o2)c1. The number of nitrogens with one attached hydrogen (secondary N) is 1. The predicted octanol–water partition coefficient (Wildman–Crippen LogP) is 4.31. The van der Waals surface area contributed by atoms with Crippen LogP contribution in [0.5, 0.6) is 0 Å². The number of hydrogen-bond acceptors (Lipinski definition) is 5. The lowest BCUT2D eigenvalue weighted by atomic mass is 10.0. The summed E-state index contributed by atoms with van der Waals surface area (Å²) in [5.74, 6) is 1.12. The van der Waals surface area contributed by atoms with Crippen molar-refractivity contribution in [1.82, 2.24) is 15.1 Å². The minimum absolute atomic E-state index is 0.0427. The maximum atomic E-state index is 12.9. The Balaban J connectivity index is 1.48. The van der Waals surface area contributed by atoms with Crippen LogP contribution in [0.25, 0.3) is 11.4 Å². The smallest absolute Gasteiger partial charge is 0.324 e. The first kappa shape index (κ1) is 25.1. The molecule has 4 rings (SSSR count). The van der Waals surface area contributed by atoms with Gasteiger partial charge in [0.15, 0.2) is 5.76 Å². The number of halogens is 1. The maximum absolute atomic E-state index is 12.9. The molecule has 0 unspecified atom stereocenters. The molecule has 8 nitrogen and oxygen atoms in total. The first-order chi connectivity index (χ1) is 16.8. The van der Waals surface area contributed by atoms with Crippen LogP contribution in [-0.4, -0.2) is 54.0 Å².